The van der Waals surface area contributed by atoms with Gasteiger partial charge in [-0.15, -0.1) is 0 Å². The number of aryl methyl sites for hydroxylation is 1. The van der Waals surface area contributed by atoms with Crippen molar-refractivity contribution in [3.63, 3.8) is 0 Å². The number of carboxylic acid groups (broad SMARTS) is 1. The Morgan fingerprint density at radius 2 is 2.29 bits per heavy atom. The van der Waals surface area contributed by atoms with Gasteiger partial charge in [-0.05, 0) is 12.5 Å². The maximum Gasteiger partial charge on any atom is 0.310 e. The van der Waals surface area contributed by atoms with Gasteiger partial charge in [-0.25, -0.2) is 0 Å². The number of amides is 1. The summed E-state index contributed by atoms with van der Waals surface area (Å²) >= 11 is 0. The number of aromatic nitrogens is 2. The molecular formula is C11H13N3O3. The molecule has 6 nitrogen and oxygen atoms in total. The number of carbonyl (C=O) groups is 2. The Labute approximate surface area is 97.9 Å². The van der Waals surface area contributed by atoms with E-state index in [0.29, 0.717) is 12.1 Å². The molecule has 2 unspecified atom stereocenters. The second kappa shape index (κ2) is 4.40. The van der Waals surface area contributed by atoms with Crippen LogP contribution in [0.3, 0.4) is 0 Å². The summed E-state index contributed by atoms with van der Waals surface area (Å²) in [6.07, 6.45) is 5.27. The van der Waals surface area contributed by atoms with Gasteiger partial charge in [0.15, 0.2) is 0 Å². The smallest absolute Gasteiger partial charge is 0.310 e. The molecule has 0 bridgehead atoms. The van der Waals surface area contributed by atoms with Crippen molar-refractivity contribution in [2.75, 3.05) is 0 Å². The van der Waals surface area contributed by atoms with E-state index in [1.165, 1.54) is 4.68 Å². The lowest BCUT2D eigenvalue weighted by atomic mass is 10.1. The van der Waals surface area contributed by atoms with Gasteiger partial charge in [0.05, 0.1) is 5.92 Å². The second-order valence-corrected chi connectivity index (χ2v) is 3.99. The van der Waals surface area contributed by atoms with E-state index in [1.54, 1.807) is 31.5 Å². The van der Waals surface area contributed by atoms with E-state index in [-0.39, 0.29) is 11.9 Å². The molecule has 6 heteroatoms. The molecule has 1 aromatic rings. The van der Waals surface area contributed by atoms with E-state index in [9.17, 15) is 9.59 Å². The van der Waals surface area contributed by atoms with Crippen LogP contribution in [0.25, 0.3) is 0 Å². The highest BCUT2D eigenvalue weighted by Crippen LogP contribution is 2.18. The Kier molecular flexibility index (Phi) is 2.95. The van der Waals surface area contributed by atoms with Gasteiger partial charge in [0.2, 0.25) is 0 Å². The molecule has 0 saturated carbocycles. The number of hydrogen-bond donors (Lipinski definition) is 2. The second-order valence-electron chi connectivity index (χ2n) is 3.99. The number of nitrogens with zero attached hydrogens (tertiary/aromatic N) is 2. The molecule has 0 radical (unpaired) electrons. The predicted octanol–water partition coefficient (Wildman–Crippen LogP) is 0.179. The van der Waals surface area contributed by atoms with Crippen LogP contribution in [0.15, 0.2) is 24.4 Å². The number of hydrogen-bond acceptors (Lipinski definition) is 3. The minimum absolute atomic E-state index is 0.224. The summed E-state index contributed by atoms with van der Waals surface area (Å²) in [4.78, 5) is 22.5. The molecule has 1 heterocycles. The summed E-state index contributed by atoms with van der Waals surface area (Å²) in [5, 5.41) is 15.5. The first-order valence-corrected chi connectivity index (χ1v) is 5.28. The molecule has 0 spiro atoms. The monoisotopic (exact) mass is 235 g/mol. The lowest BCUT2D eigenvalue weighted by Gasteiger charge is -2.11. The summed E-state index contributed by atoms with van der Waals surface area (Å²) in [6, 6.07) is 1.39. The Balaban J connectivity index is 1.96. The molecule has 0 aliphatic heterocycles. The highest BCUT2D eigenvalue weighted by atomic mass is 16.4. The van der Waals surface area contributed by atoms with Crippen molar-refractivity contribution >= 4 is 11.9 Å². The van der Waals surface area contributed by atoms with Gasteiger partial charge < -0.3 is 10.4 Å². The van der Waals surface area contributed by atoms with Crippen molar-refractivity contribution < 1.29 is 14.7 Å². The lowest BCUT2D eigenvalue weighted by Crippen LogP contribution is -2.34. The summed E-state index contributed by atoms with van der Waals surface area (Å²) in [6.45, 7) is 0. The molecule has 17 heavy (non-hydrogen) atoms. The van der Waals surface area contributed by atoms with Gasteiger partial charge in [0, 0.05) is 19.3 Å². The molecule has 1 aliphatic carbocycles. The third-order valence-electron chi connectivity index (χ3n) is 2.77. The van der Waals surface area contributed by atoms with E-state index in [1.807, 2.05) is 0 Å². The van der Waals surface area contributed by atoms with Gasteiger partial charge in [0.25, 0.3) is 5.91 Å². The maximum absolute atomic E-state index is 11.8. The van der Waals surface area contributed by atoms with Gasteiger partial charge in [-0.2, -0.15) is 5.10 Å². The molecule has 2 N–H and O–H groups in total. The molecule has 1 amide bonds. The van der Waals surface area contributed by atoms with Crippen molar-refractivity contribution in [3.8, 4) is 0 Å². The van der Waals surface area contributed by atoms with Gasteiger partial charge >= 0.3 is 5.97 Å². The van der Waals surface area contributed by atoms with E-state index < -0.39 is 11.9 Å². The Morgan fingerprint density at radius 1 is 1.53 bits per heavy atom. The maximum atomic E-state index is 11.8. The van der Waals surface area contributed by atoms with Crippen LogP contribution in [0, 0.1) is 5.92 Å². The van der Waals surface area contributed by atoms with Crippen LogP contribution in [0.5, 0.6) is 0 Å². The van der Waals surface area contributed by atoms with Crippen LogP contribution in [-0.2, 0) is 11.8 Å². The highest BCUT2D eigenvalue weighted by Gasteiger charge is 2.26. The van der Waals surface area contributed by atoms with Crippen molar-refractivity contribution in [3.05, 3.63) is 30.1 Å². The fourth-order valence-corrected chi connectivity index (χ4v) is 1.83. The summed E-state index contributed by atoms with van der Waals surface area (Å²) in [5.74, 6) is -1.61. The number of aliphatic carboxylic acids is 1. The van der Waals surface area contributed by atoms with Crippen LogP contribution >= 0.6 is 0 Å². The quantitative estimate of drug-likeness (QED) is 0.732. The summed E-state index contributed by atoms with van der Waals surface area (Å²) in [7, 11) is 1.68. The Bertz CT molecular complexity index is 478. The van der Waals surface area contributed by atoms with E-state index in [0.717, 1.165) is 0 Å². The number of carbonyl (C=O) groups excluding carboxylic acids is 1. The summed E-state index contributed by atoms with van der Waals surface area (Å²) < 4.78 is 1.47. The fourth-order valence-electron chi connectivity index (χ4n) is 1.83. The number of rotatable bonds is 3. The van der Waals surface area contributed by atoms with Gasteiger partial charge in [-0.1, -0.05) is 12.2 Å². The highest BCUT2D eigenvalue weighted by molar-refractivity contribution is 5.92. The molecule has 0 fully saturated rings. The van der Waals surface area contributed by atoms with Crippen LogP contribution in [0.4, 0.5) is 0 Å². The van der Waals surface area contributed by atoms with Crippen molar-refractivity contribution in [1.29, 1.82) is 0 Å². The average molecular weight is 235 g/mol. The topological polar surface area (TPSA) is 84.2 Å². The first-order valence-electron chi connectivity index (χ1n) is 5.28. The summed E-state index contributed by atoms with van der Waals surface area (Å²) in [5.41, 5.74) is 0.456. The molecule has 0 saturated heterocycles. The van der Waals surface area contributed by atoms with E-state index in [2.05, 4.69) is 10.4 Å². The molecule has 90 valence electrons. The zero-order valence-electron chi connectivity index (χ0n) is 9.33. The van der Waals surface area contributed by atoms with Gasteiger partial charge in [-0.3, -0.25) is 14.3 Å². The third kappa shape index (κ3) is 2.35. The molecular weight excluding hydrogens is 222 g/mol. The van der Waals surface area contributed by atoms with E-state index >= 15 is 0 Å². The Morgan fingerprint density at radius 3 is 2.82 bits per heavy atom. The van der Waals surface area contributed by atoms with Crippen LogP contribution in [-0.4, -0.2) is 32.8 Å². The first kappa shape index (κ1) is 11.4. The fraction of sp³-hybridized carbons (Fsp3) is 0.364. The standard InChI is InChI=1S/C11H13N3O3/c1-14-9(4-5-12-14)10(15)13-8-3-2-7(6-8)11(16)17/h2-5,7-8H,6H2,1H3,(H,13,15)(H,16,17). The molecule has 0 aromatic carbocycles. The molecule has 1 aromatic heterocycles. The van der Waals surface area contributed by atoms with Gasteiger partial charge in [0.1, 0.15) is 5.69 Å². The zero-order chi connectivity index (χ0) is 12.4. The van der Waals surface area contributed by atoms with Crippen LogP contribution < -0.4 is 5.32 Å². The minimum atomic E-state index is -0.862. The van der Waals surface area contributed by atoms with Crippen LogP contribution in [0.2, 0.25) is 0 Å². The zero-order valence-corrected chi connectivity index (χ0v) is 9.33. The van der Waals surface area contributed by atoms with Crippen LogP contribution in [0.1, 0.15) is 16.9 Å². The third-order valence-corrected chi connectivity index (χ3v) is 2.77. The number of carboxylic acids is 1. The number of nitrogens with one attached hydrogen (secondary N) is 1. The largest absolute Gasteiger partial charge is 0.481 e. The van der Waals surface area contributed by atoms with Crippen molar-refractivity contribution in [1.82, 2.24) is 15.1 Å². The Hall–Kier alpha value is -2.11. The average Bonchev–Trinajstić information content (AvgIpc) is 2.86. The first-order chi connectivity index (χ1) is 8.08. The predicted molar refractivity (Wildman–Crippen MR) is 59.3 cm³/mol. The van der Waals surface area contributed by atoms with Crippen molar-refractivity contribution in [2.24, 2.45) is 13.0 Å². The molecule has 1 aliphatic rings. The van der Waals surface area contributed by atoms with E-state index in [4.69, 9.17) is 5.11 Å². The molecule has 2 atom stereocenters. The lowest BCUT2D eigenvalue weighted by molar-refractivity contribution is -0.140. The molecule has 2 rings (SSSR count). The normalized spacial score (nSPS) is 22.6. The van der Waals surface area contributed by atoms with Crippen molar-refractivity contribution in [2.45, 2.75) is 12.5 Å². The SMILES string of the molecule is Cn1nccc1C(=O)NC1C=CC(C(=O)O)C1. The minimum Gasteiger partial charge on any atom is -0.481 e.